The average Bonchev–Trinajstić information content (AvgIpc) is 3.23. The zero-order chi connectivity index (χ0) is 14.9. The fourth-order valence-corrected chi connectivity index (χ4v) is 3.53. The number of aromatic nitrogens is 2. The quantitative estimate of drug-likeness (QED) is 0.844. The highest BCUT2D eigenvalue weighted by molar-refractivity contribution is 5.91. The first-order valence-corrected chi connectivity index (χ1v) is 7.66. The number of piperidine rings is 1. The number of likely N-dealkylation sites (tertiary alicyclic amines) is 1. The van der Waals surface area contributed by atoms with Crippen LogP contribution in [0.2, 0.25) is 0 Å². The number of amides is 1. The Morgan fingerprint density at radius 3 is 2.73 bits per heavy atom. The van der Waals surface area contributed by atoms with Crippen LogP contribution in [0.1, 0.15) is 17.0 Å². The monoisotopic (exact) mass is 298 g/mol. The molecule has 2 aliphatic heterocycles. The number of hydrogen-bond donors (Lipinski definition) is 0. The molecule has 2 aromatic rings. The van der Waals surface area contributed by atoms with Gasteiger partial charge in [-0.05, 0) is 36.5 Å². The lowest BCUT2D eigenvalue weighted by Crippen LogP contribution is -2.40. The topological polar surface area (TPSA) is 62.5 Å². The van der Waals surface area contributed by atoms with Crippen LogP contribution >= 0.6 is 0 Å². The molecule has 114 valence electrons. The molecule has 2 fully saturated rings. The normalized spacial score (nSPS) is 24.4. The molecule has 2 saturated heterocycles. The third-order valence-electron chi connectivity index (χ3n) is 4.66. The summed E-state index contributed by atoms with van der Waals surface area (Å²) in [7, 11) is 0. The molecule has 0 saturated carbocycles. The Kier molecular flexibility index (Phi) is 3.29. The fraction of sp³-hybridized carbons (Fsp3) is 0.438. The second kappa shape index (κ2) is 5.44. The van der Waals surface area contributed by atoms with Gasteiger partial charge >= 0.3 is 0 Å². The lowest BCUT2D eigenvalue weighted by Gasteiger charge is -2.34. The van der Waals surface area contributed by atoms with Crippen LogP contribution in [-0.4, -0.2) is 47.0 Å². The molecule has 1 amide bonds. The number of fused-ring (bicyclic) bond motifs is 1. The van der Waals surface area contributed by atoms with Crippen molar-refractivity contribution in [2.24, 2.45) is 11.8 Å². The van der Waals surface area contributed by atoms with Gasteiger partial charge in [-0.3, -0.25) is 4.79 Å². The van der Waals surface area contributed by atoms with E-state index in [9.17, 15) is 4.79 Å². The van der Waals surface area contributed by atoms with Crippen LogP contribution in [0, 0.1) is 11.8 Å². The van der Waals surface area contributed by atoms with Crippen LogP contribution in [0.4, 0.5) is 5.95 Å². The minimum Gasteiger partial charge on any atom is -0.459 e. The molecule has 0 N–H and O–H groups in total. The maximum absolute atomic E-state index is 12.4. The summed E-state index contributed by atoms with van der Waals surface area (Å²) >= 11 is 0. The smallest absolute Gasteiger partial charge is 0.289 e. The lowest BCUT2D eigenvalue weighted by molar-refractivity contribution is 0.0753. The van der Waals surface area contributed by atoms with Gasteiger partial charge in [0.1, 0.15) is 0 Å². The SMILES string of the molecule is O=C(c1ccco1)N1C[C@@H]2CCN(c3ncccn3)C[C@@H]2C1. The van der Waals surface area contributed by atoms with Crippen LogP contribution in [0.15, 0.2) is 41.3 Å². The maximum Gasteiger partial charge on any atom is 0.289 e. The molecule has 0 aromatic carbocycles. The molecule has 4 heterocycles. The molecule has 2 aliphatic rings. The zero-order valence-electron chi connectivity index (χ0n) is 12.3. The molecule has 0 aliphatic carbocycles. The summed E-state index contributed by atoms with van der Waals surface area (Å²) in [5.41, 5.74) is 0. The van der Waals surface area contributed by atoms with Gasteiger partial charge in [-0.15, -0.1) is 0 Å². The number of anilines is 1. The predicted molar refractivity (Wildman–Crippen MR) is 80.5 cm³/mol. The molecule has 2 atom stereocenters. The second-order valence-electron chi connectivity index (χ2n) is 5.99. The van der Waals surface area contributed by atoms with E-state index in [4.69, 9.17) is 4.42 Å². The van der Waals surface area contributed by atoms with E-state index in [1.807, 2.05) is 11.0 Å². The first kappa shape index (κ1) is 13.3. The fourth-order valence-electron chi connectivity index (χ4n) is 3.53. The number of rotatable bonds is 2. The first-order valence-electron chi connectivity index (χ1n) is 7.66. The van der Waals surface area contributed by atoms with E-state index >= 15 is 0 Å². The van der Waals surface area contributed by atoms with Gasteiger partial charge in [0.15, 0.2) is 5.76 Å². The minimum atomic E-state index is 0.00177. The predicted octanol–water partition coefficient (Wildman–Crippen LogP) is 1.67. The van der Waals surface area contributed by atoms with Crippen molar-refractivity contribution in [1.82, 2.24) is 14.9 Å². The van der Waals surface area contributed by atoms with Crippen molar-refractivity contribution in [1.29, 1.82) is 0 Å². The molecular formula is C16H18N4O2. The van der Waals surface area contributed by atoms with Crippen molar-refractivity contribution >= 4 is 11.9 Å². The van der Waals surface area contributed by atoms with Gasteiger partial charge in [0.2, 0.25) is 5.95 Å². The number of furan rings is 1. The van der Waals surface area contributed by atoms with Crippen molar-refractivity contribution in [3.05, 3.63) is 42.6 Å². The van der Waals surface area contributed by atoms with Crippen molar-refractivity contribution < 1.29 is 9.21 Å². The number of carbonyl (C=O) groups is 1. The maximum atomic E-state index is 12.4. The van der Waals surface area contributed by atoms with E-state index in [-0.39, 0.29) is 5.91 Å². The van der Waals surface area contributed by atoms with Gasteiger partial charge in [0.25, 0.3) is 5.91 Å². The van der Waals surface area contributed by atoms with Crippen LogP contribution in [0.5, 0.6) is 0 Å². The van der Waals surface area contributed by atoms with Crippen molar-refractivity contribution in [2.75, 3.05) is 31.1 Å². The molecule has 2 aromatic heterocycles. The first-order chi connectivity index (χ1) is 10.8. The Bertz CT molecular complexity index is 643. The standard InChI is InChI=1S/C16H18N4O2/c21-15(14-3-1-8-22-14)20-9-12-4-7-19(10-13(12)11-20)16-17-5-2-6-18-16/h1-3,5-6,8,12-13H,4,7,9-11H2/t12-,13+/m0/s1. The summed E-state index contributed by atoms with van der Waals surface area (Å²) < 4.78 is 5.23. The second-order valence-corrected chi connectivity index (χ2v) is 5.99. The van der Waals surface area contributed by atoms with E-state index in [2.05, 4.69) is 14.9 Å². The molecule has 0 spiro atoms. The van der Waals surface area contributed by atoms with Crippen molar-refractivity contribution in [3.63, 3.8) is 0 Å². The number of nitrogens with zero attached hydrogens (tertiary/aromatic N) is 4. The lowest BCUT2D eigenvalue weighted by atomic mass is 9.89. The number of hydrogen-bond acceptors (Lipinski definition) is 5. The largest absolute Gasteiger partial charge is 0.459 e. The van der Waals surface area contributed by atoms with Crippen molar-refractivity contribution in [3.8, 4) is 0 Å². The Morgan fingerprint density at radius 1 is 1.14 bits per heavy atom. The van der Waals surface area contributed by atoms with Gasteiger partial charge in [-0.2, -0.15) is 0 Å². The Hall–Kier alpha value is -2.37. The zero-order valence-corrected chi connectivity index (χ0v) is 12.3. The van der Waals surface area contributed by atoms with Gasteiger partial charge in [-0.1, -0.05) is 0 Å². The van der Waals surface area contributed by atoms with Gasteiger partial charge in [0.05, 0.1) is 6.26 Å². The Labute approximate surface area is 128 Å². The molecular weight excluding hydrogens is 280 g/mol. The summed E-state index contributed by atoms with van der Waals surface area (Å²) in [5.74, 6) is 2.27. The highest BCUT2D eigenvalue weighted by Crippen LogP contribution is 2.33. The number of carbonyl (C=O) groups excluding carboxylic acids is 1. The summed E-state index contributed by atoms with van der Waals surface area (Å²) in [4.78, 5) is 25.2. The van der Waals surface area contributed by atoms with Crippen LogP contribution in [-0.2, 0) is 0 Å². The van der Waals surface area contributed by atoms with Crippen LogP contribution < -0.4 is 4.90 Å². The molecule has 0 bridgehead atoms. The van der Waals surface area contributed by atoms with Gasteiger partial charge in [0, 0.05) is 38.6 Å². The van der Waals surface area contributed by atoms with Gasteiger partial charge in [-0.25, -0.2) is 9.97 Å². The van der Waals surface area contributed by atoms with E-state index < -0.39 is 0 Å². The van der Waals surface area contributed by atoms with E-state index in [0.29, 0.717) is 17.6 Å². The highest BCUT2D eigenvalue weighted by Gasteiger charge is 2.40. The average molecular weight is 298 g/mol. The summed E-state index contributed by atoms with van der Waals surface area (Å²) in [6, 6.07) is 5.31. The molecule has 22 heavy (non-hydrogen) atoms. The van der Waals surface area contributed by atoms with Crippen LogP contribution in [0.25, 0.3) is 0 Å². The summed E-state index contributed by atoms with van der Waals surface area (Å²) in [6.45, 7) is 3.48. The third-order valence-corrected chi connectivity index (χ3v) is 4.66. The molecule has 6 nitrogen and oxygen atoms in total. The molecule has 0 unspecified atom stereocenters. The van der Waals surface area contributed by atoms with Crippen LogP contribution in [0.3, 0.4) is 0 Å². The van der Waals surface area contributed by atoms with E-state index in [1.165, 1.54) is 0 Å². The molecule has 6 heteroatoms. The Balaban J connectivity index is 1.45. The third kappa shape index (κ3) is 2.34. The highest BCUT2D eigenvalue weighted by atomic mass is 16.3. The van der Waals surface area contributed by atoms with Gasteiger partial charge < -0.3 is 14.2 Å². The van der Waals surface area contributed by atoms with Crippen molar-refractivity contribution in [2.45, 2.75) is 6.42 Å². The Morgan fingerprint density at radius 2 is 1.95 bits per heavy atom. The summed E-state index contributed by atoms with van der Waals surface area (Å²) in [6.07, 6.45) is 6.17. The molecule has 4 rings (SSSR count). The molecule has 0 radical (unpaired) electrons. The van der Waals surface area contributed by atoms with E-state index in [1.54, 1.807) is 30.8 Å². The summed E-state index contributed by atoms with van der Waals surface area (Å²) in [5, 5.41) is 0. The van der Waals surface area contributed by atoms with E-state index in [0.717, 1.165) is 38.5 Å². The minimum absolute atomic E-state index is 0.00177.